The summed E-state index contributed by atoms with van der Waals surface area (Å²) in [6, 6.07) is 9.94. The summed E-state index contributed by atoms with van der Waals surface area (Å²) < 4.78 is 24.0. The quantitative estimate of drug-likeness (QED) is 0.701. The van der Waals surface area contributed by atoms with E-state index in [0.29, 0.717) is 6.54 Å². The van der Waals surface area contributed by atoms with Crippen molar-refractivity contribution in [2.45, 2.75) is 17.9 Å². The fourth-order valence-electron chi connectivity index (χ4n) is 1.44. The molecule has 0 aromatic heterocycles. The van der Waals surface area contributed by atoms with Gasteiger partial charge in [0.2, 0.25) is 15.9 Å². The molecule has 0 saturated heterocycles. The second kappa shape index (κ2) is 8.28. The molecular weight excluding hydrogens is 296 g/mol. The fraction of sp³-hybridized carbons (Fsp3) is 0.462. The SMILES string of the molecule is CC(SCc1ccccc1)C(=O)NCCNS(C)(=O)=O. The van der Waals surface area contributed by atoms with Crippen molar-refractivity contribution in [3.63, 3.8) is 0 Å². The Morgan fingerprint density at radius 3 is 2.50 bits per heavy atom. The molecule has 2 N–H and O–H groups in total. The summed E-state index contributed by atoms with van der Waals surface area (Å²) in [6.07, 6.45) is 1.09. The number of benzene rings is 1. The average molecular weight is 316 g/mol. The molecule has 0 aliphatic rings. The van der Waals surface area contributed by atoms with Crippen LogP contribution in [0.25, 0.3) is 0 Å². The van der Waals surface area contributed by atoms with Crippen molar-refractivity contribution in [2.24, 2.45) is 0 Å². The molecular formula is C13H20N2O3S2. The second-order valence-electron chi connectivity index (χ2n) is 4.40. The zero-order chi connectivity index (χ0) is 15.0. The maximum atomic E-state index is 11.8. The molecule has 7 heteroatoms. The topological polar surface area (TPSA) is 75.3 Å². The number of carbonyl (C=O) groups excluding carboxylic acids is 1. The Labute approximate surface area is 124 Å². The monoisotopic (exact) mass is 316 g/mol. The number of sulfonamides is 1. The molecule has 1 unspecified atom stereocenters. The number of rotatable bonds is 8. The van der Waals surface area contributed by atoms with Gasteiger partial charge in [-0.05, 0) is 12.5 Å². The highest BCUT2D eigenvalue weighted by Crippen LogP contribution is 2.17. The Morgan fingerprint density at radius 1 is 1.25 bits per heavy atom. The van der Waals surface area contributed by atoms with Crippen LogP contribution < -0.4 is 10.0 Å². The van der Waals surface area contributed by atoms with Gasteiger partial charge in [-0.2, -0.15) is 0 Å². The van der Waals surface area contributed by atoms with Crippen LogP contribution in [0.5, 0.6) is 0 Å². The molecule has 0 fully saturated rings. The van der Waals surface area contributed by atoms with Gasteiger partial charge in [-0.15, -0.1) is 11.8 Å². The highest BCUT2D eigenvalue weighted by atomic mass is 32.2. The van der Waals surface area contributed by atoms with E-state index in [-0.39, 0.29) is 17.7 Å². The van der Waals surface area contributed by atoms with Crippen molar-refractivity contribution in [1.82, 2.24) is 10.0 Å². The van der Waals surface area contributed by atoms with Crippen molar-refractivity contribution in [3.8, 4) is 0 Å². The van der Waals surface area contributed by atoms with Crippen LogP contribution in [0.4, 0.5) is 0 Å². The van der Waals surface area contributed by atoms with E-state index in [4.69, 9.17) is 0 Å². The maximum Gasteiger partial charge on any atom is 0.232 e. The van der Waals surface area contributed by atoms with Gasteiger partial charge in [-0.1, -0.05) is 30.3 Å². The number of hydrogen-bond acceptors (Lipinski definition) is 4. The van der Waals surface area contributed by atoms with Gasteiger partial charge in [0.1, 0.15) is 0 Å². The largest absolute Gasteiger partial charge is 0.354 e. The van der Waals surface area contributed by atoms with E-state index in [1.54, 1.807) is 11.8 Å². The van der Waals surface area contributed by atoms with Crippen LogP contribution in [0.1, 0.15) is 12.5 Å². The predicted octanol–water partition coefficient (Wildman–Crippen LogP) is 0.974. The summed E-state index contributed by atoms with van der Waals surface area (Å²) >= 11 is 1.55. The Bertz CT molecular complexity index is 518. The first-order chi connectivity index (χ1) is 9.38. The number of hydrogen-bond donors (Lipinski definition) is 2. The zero-order valence-corrected chi connectivity index (χ0v) is 13.3. The molecule has 0 radical (unpaired) electrons. The normalized spacial score (nSPS) is 12.9. The molecule has 1 atom stereocenters. The summed E-state index contributed by atoms with van der Waals surface area (Å²) in [7, 11) is -3.20. The lowest BCUT2D eigenvalue weighted by Crippen LogP contribution is -2.37. The average Bonchev–Trinajstić information content (AvgIpc) is 2.40. The van der Waals surface area contributed by atoms with Gasteiger partial charge in [0.15, 0.2) is 0 Å². The molecule has 1 aromatic carbocycles. The molecule has 0 aliphatic heterocycles. The molecule has 1 rings (SSSR count). The van der Waals surface area contributed by atoms with Gasteiger partial charge in [-0.25, -0.2) is 13.1 Å². The summed E-state index contributed by atoms with van der Waals surface area (Å²) in [5.74, 6) is 0.693. The van der Waals surface area contributed by atoms with E-state index in [0.717, 1.165) is 12.0 Å². The van der Waals surface area contributed by atoms with Crippen LogP contribution in [-0.2, 0) is 20.6 Å². The highest BCUT2D eigenvalue weighted by Gasteiger charge is 2.12. The first-order valence-corrected chi connectivity index (χ1v) is 9.20. The number of carbonyl (C=O) groups is 1. The molecule has 0 spiro atoms. The standard InChI is InChI=1S/C13H20N2O3S2/c1-11(19-10-12-6-4-3-5-7-12)13(16)14-8-9-15-20(2,17)18/h3-7,11,15H,8-10H2,1-2H3,(H,14,16). The molecule has 20 heavy (non-hydrogen) atoms. The van der Waals surface area contributed by atoms with E-state index in [2.05, 4.69) is 10.0 Å². The van der Waals surface area contributed by atoms with Crippen LogP contribution in [0.2, 0.25) is 0 Å². The van der Waals surface area contributed by atoms with E-state index in [1.165, 1.54) is 5.56 Å². The number of thioether (sulfide) groups is 1. The van der Waals surface area contributed by atoms with Crippen LogP contribution in [-0.4, -0.2) is 38.9 Å². The molecule has 1 amide bonds. The predicted molar refractivity (Wildman–Crippen MR) is 83.1 cm³/mol. The van der Waals surface area contributed by atoms with Gasteiger partial charge in [0.25, 0.3) is 0 Å². The fourth-order valence-corrected chi connectivity index (χ4v) is 2.78. The van der Waals surface area contributed by atoms with Gasteiger partial charge in [-0.3, -0.25) is 4.79 Å². The molecule has 0 heterocycles. The Hall–Kier alpha value is -1.05. The van der Waals surface area contributed by atoms with Crippen molar-refractivity contribution in [3.05, 3.63) is 35.9 Å². The first kappa shape index (κ1) is 17.0. The highest BCUT2D eigenvalue weighted by molar-refractivity contribution is 7.99. The lowest BCUT2D eigenvalue weighted by atomic mass is 10.2. The third-order valence-electron chi connectivity index (χ3n) is 2.50. The van der Waals surface area contributed by atoms with Gasteiger partial charge in [0.05, 0.1) is 11.5 Å². The Balaban J connectivity index is 2.22. The summed E-state index contributed by atoms with van der Waals surface area (Å²) in [5, 5.41) is 2.53. The van der Waals surface area contributed by atoms with Gasteiger partial charge >= 0.3 is 0 Å². The smallest absolute Gasteiger partial charge is 0.232 e. The van der Waals surface area contributed by atoms with Crippen molar-refractivity contribution >= 4 is 27.7 Å². The second-order valence-corrected chi connectivity index (χ2v) is 7.56. The first-order valence-electron chi connectivity index (χ1n) is 6.26. The lowest BCUT2D eigenvalue weighted by Gasteiger charge is -2.12. The lowest BCUT2D eigenvalue weighted by molar-refractivity contribution is -0.120. The minimum atomic E-state index is -3.20. The van der Waals surface area contributed by atoms with Crippen LogP contribution in [0.15, 0.2) is 30.3 Å². The minimum Gasteiger partial charge on any atom is -0.354 e. The third-order valence-corrected chi connectivity index (χ3v) is 4.44. The summed E-state index contributed by atoms with van der Waals surface area (Å²) in [4.78, 5) is 11.8. The van der Waals surface area contributed by atoms with Crippen molar-refractivity contribution in [1.29, 1.82) is 0 Å². The summed E-state index contributed by atoms with van der Waals surface area (Å²) in [6.45, 7) is 2.34. The molecule has 1 aromatic rings. The van der Waals surface area contributed by atoms with Gasteiger partial charge < -0.3 is 5.32 Å². The third kappa shape index (κ3) is 7.52. The summed E-state index contributed by atoms with van der Waals surface area (Å²) in [5.41, 5.74) is 1.18. The maximum absolute atomic E-state index is 11.8. The molecule has 0 bridgehead atoms. The van der Waals surface area contributed by atoms with Gasteiger partial charge in [0, 0.05) is 18.8 Å². The zero-order valence-electron chi connectivity index (χ0n) is 11.6. The van der Waals surface area contributed by atoms with Crippen LogP contribution >= 0.6 is 11.8 Å². The van der Waals surface area contributed by atoms with E-state index >= 15 is 0 Å². The van der Waals surface area contributed by atoms with Crippen molar-refractivity contribution in [2.75, 3.05) is 19.3 Å². The Kier molecular flexibility index (Phi) is 7.04. The van der Waals surface area contributed by atoms with Crippen LogP contribution in [0, 0.1) is 0 Å². The molecule has 5 nitrogen and oxygen atoms in total. The number of amides is 1. The van der Waals surface area contributed by atoms with E-state index in [1.807, 2.05) is 37.3 Å². The van der Waals surface area contributed by atoms with E-state index in [9.17, 15) is 13.2 Å². The Morgan fingerprint density at radius 2 is 1.90 bits per heavy atom. The van der Waals surface area contributed by atoms with Crippen LogP contribution in [0.3, 0.4) is 0 Å². The molecule has 0 aliphatic carbocycles. The minimum absolute atomic E-state index is 0.0822. The molecule has 0 saturated carbocycles. The van der Waals surface area contributed by atoms with Crippen molar-refractivity contribution < 1.29 is 13.2 Å². The number of nitrogens with one attached hydrogen (secondary N) is 2. The molecule has 112 valence electrons. The van der Waals surface area contributed by atoms with E-state index < -0.39 is 10.0 Å².